The number of aryl methyl sites for hydroxylation is 1. The van der Waals surface area contributed by atoms with Crippen LogP contribution in [0.2, 0.25) is 5.02 Å². The number of imide groups is 1. The average molecular weight is 426 g/mol. The van der Waals surface area contributed by atoms with Crippen LogP contribution in [0.1, 0.15) is 11.1 Å². The van der Waals surface area contributed by atoms with Crippen molar-refractivity contribution in [2.24, 2.45) is 0 Å². The molecule has 0 aliphatic carbocycles. The first-order chi connectivity index (χ1) is 14.4. The molecule has 0 saturated carbocycles. The van der Waals surface area contributed by atoms with Gasteiger partial charge in [0.1, 0.15) is 11.4 Å². The van der Waals surface area contributed by atoms with Gasteiger partial charge in [-0.25, -0.2) is 4.90 Å². The maximum atomic E-state index is 13.6. The van der Waals surface area contributed by atoms with Gasteiger partial charge in [0.2, 0.25) is 0 Å². The lowest BCUT2D eigenvalue weighted by atomic mass is 10.0. The molecule has 2 heterocycles. The molecule has 6 nitrogen and oxygen atoms in total. The van der Waals surface area contributed by atoms with Crippen LogP contribution in [0, 0.1) is 6.92 Å². The average Bonchev–Trinajstić information content (AvgIpc) is 2.99. The number of likely N-dealkylation sites (N-methyl/N-ethyl adjacent to an activating group) is 1. The highest BCUT2D eigenvalue weighted by Gasteiger charge is 2.43. The van der Waals surface area contributed by atoms with Crippen molar-refractivity contribution in [1.82, 2.24) is 9.80 Å². The van der Waals surface area contributed by atoms with Gasteiger partial charge in [0.15, 0.2) is 0 Å². The fraction of sp³-hybridized carbons (Fsp3) is 0.304. The Balaban J connectivity index is 1.84. The van der Waals surface area contributed by atoms with Crippen molar-refractivity contribution in [2.45, 2.75) is 6.92 Å². The molecule has 0 unspecified atom stereocenters. The summed E-state index contributed by atoms with van der Waals surface area (Å²) in [5, 5.41) is 0.578. The number of hydrogen-bond donors (Lipinski definition) is 0. The molecule has 30 heavy (non-hydrogen) atoms. The molecule has 1 fully saturated rings. The Hall–Kier alpha value is -2.83. The molecule has 0 spiro atoms. The van der Waals surface area contributed by atoms with E-state index in [-0.39, 0.29) is 11.8 Å². The quantitative estimate of drug-likeness (QED) is 0.704. The Morgan fingerprint density at radius 2 is 1.60 bits per heavy atom. The molecule has 2 aliphatic heterocycles. The summed E-state index contributed by atoms with van der Waals surface area (Å²) >= 11 is 6.06. The highest BCUT2D eigenvalue weighted by atomic mass is 35.5. The number of ether oxygens (including phenoxy) is 1. The van der Waals surface area contributed by atoms with E-state index in [0.29, 0.717) is 46.4 Å². The zero-order chi connectivity index (χ0) is 21.4. The number of halogens is 1. The second kappa shape index (κ2) is 8.13. The number of piperazine rings is 1. The number of hydrogen-bond acceptors (Lipinski definition) is 5. The van der Waals surface area contributed by atoms with Gasteiger partial charge in [-0.3, -0.25) is 9.59 Å². The number of nitrogens with zero attached hydrogens (tertiary/aromatic N) is 3. The van der Waals surface area contributed by atoms with E-state index in [9.17, 15) is 9.59 Å². The molecule has 2 aromatic rings. The topological polar surface area (TPSA) is 53.1 Å². The van der Waals surface area contributed by atoms with Crippen molar-refractivity contribution >= 4 is 34.7 Å². The molecule has 1 saturated heterocycles. The zero-order valence-electron chi connectivity index (χ0n) is 17.3. The predicted molar refractivity (Wildman–Crippen MR) is 118 cm³/mol. The first-order valence-electron chi connectivity index (χ1n) is 9.88. The number of carbonyl (C=O) groups excluding carboxylic acids is 2. The van der Waals surface area contributed by atoms with Crippen molar-refractivity contribution in [3.8, 4) is 5.75 Å². The van der Waals surface area contributed by atoms with Gasteiger partial charge in [-0.2, -0.15) is 0 Å². The van der Waals surface area contributed by atoms with E-state index >= 15 is 0 Å². The third kappa shape index (κ3) is 3.57. The number of rotatable bonds is 4. The molecule has 2 aromatic carbocycles. The summed E-state index contributed by atoms with van der Waals surface area (Å²) in [6.45, 7) is 4.93. The number of benzene rings is 2. The van der Waals surface area contributed by atoms with Crippen molar-refractivity contribution in [3.63, 3.8) is 0 Å². The fourth-order valence-electron chi connectivity index (χ4n) is 3.91. The number of carbonyl (C=O) groups is 2. The molecule has 2 aliphatic rings. The zero-order valence-corrected chi connectivity index (χ0v) is 18.1. The summed E-state index contributed by atoms with van der Waals surface area (Å²) in [6, 6.07) is 12.5. The smallest absolute Gasteiger partial charge is 0.282 e. The standard InChI is InChI=1S/C23H24ClN3O3/c1-15-4-9-19(30-3)18(14-15)27-22(28)20(16-5-7-17(24)8-6-16)21(23(27)29)26-12-10-25(2)11-13-26/h4-9,14H,10-13H2,1-3H3. The molecular formula is C23H24ClN3O3. The van der Waals surface area contributed by atoms with E-state index < -0.39 is 0 Å². The largest absolute Gasteiger partial charge is 0.495 e. The summed E-state index contributed by atoms with van der Waals surface area (Å²) in [6.07, 6.45) is 0. The van der Waals surface area contributed by atoms with Gasteiger partial charge >= 0.3 is 0 Å². The van der Waals surface area contributed by atoms with Gasteiger partial charge in [-0.1, -0.05) is 29.8 Å². The maximum Gasteiger partial charge on any atom is 0.282 e. The summed E-state index contributed by atoms with van der Waals surface area (Å²) in [7, 11) is 3.59. The molecule has 4 rings (SSSR count). The van der Waals surface area contributed by atoms with Crippen LogP contribution in [0.4, 0.5) is 5.69 Å². The minimum atomic E-state index is -0.347. The lowest BCUT2D eigenvalue weighted by Gasteiger charge is -2.34. The molecule has 0 N–H and O–H groups in total. The molecule has 0 atom stereocenters. The van der Waals surface area contributed by atoms with E-state index in [1.807, 2.05) is 17.9 Å². The lowest BCUT2D eigenvalue weighted by molar-refractivity contribution is -0.120. The molecule has 2 amide bonds. The minimum Gasteiger partial charge on any atom is -0.495 e. The molecular weight excluding hydrogens is 402 g/mol. The number of amides is 2. The summed E-state index contributed by atoms with van der Waals surface area (Å²) in [5.41, 5.74) is 2.93. The Morgan fingerprint density at radius 1 is 0.933 bits per heavy atom. The normalized spacial score (nSPS) is 17.9. The van der Waals surface area contributed by atoms with Crippen molar-refractivity contribution < 1.29 is 14.3 Å². The summed E-state index contributed by atoms with van der Waals surface area (Å²) in [4.78, 5) is 32.7. The van der Waals surface area contributed by atoms with Gasteiger partial charge in [0.05, 0.1) is 18.4 Å². The second-order valence-electron chi connectivity index (χ2n) is 7.64. The highest BCUT2D eigenvalue weighted by molar-refractivity contribution is 6.45. The SMILES string of the molecule is COc1ccc(C)cc1N1C(=O)C(c2ccc(Cl)cc2)=C(N2CCN(C)CC2)C1=O. The second-order valence-corrected chi connectivity index (χ2v) is 8.08. The highest BCUT2D eigenvalue weighted by Crippen LogP contribution is 2.39. The minimum absolute atomic E-state index is 0.321. The van der Waals surface area contributed by atoms with Gasteiger partial charge < -0.3 is 14.5 Å². The third-order valence-electron chi connectivity index (χ3n) is 5.59. The molecule has 7 heteroatoms. The van der Waals surface area contributed by atoms with Crippen LogP contribution >= 0.6 is 11.6 Å². The van der Waals surface area contributed by atoms with Crippen LogP contribution < -0.4 is 9.64 Å². The molecule has 156 valence electrons. The van der Waals surface area contributed by atoms with Gasteiger partial charge in [-0.15, -0.1) is 0 Å². The number of methoxy groups -OCH3 is 1. The molecule has 0 aromatic heterocycles. The predicted octanol–water partition coefficient (Wildman–Crippen LogP) is 3.19. The first kappa shape index (κ1) is 20.4. The Kier molecular flexibility index (Phi) is 5.54. The third-order valence-corrected chi connectivity index (χ3v) is 5.84. The van der Waals surface area contributed by atoms with Crippen LogP contribution in [0.5, 0.6) is 5.75 Å². The van der Waals surface area contributed by atoms with E-state index in [1.54, 1.807) is 36.4 Å². The first-order valence-corrected chi connectivity index (χ1v) is 10.3. The van der Waals surface area contributed by atoms with Gasteiger partial charge in [-0.05, 0) is 49.4 Å². The van der Waals surface area contributed by atoms with Crippen LogP contribution in [-0.4, -0.2) is 62.0 Å². The lowest BCUT2D eigenvalue weighted by Crippen LogP contribution is -2.46. The van der Waals surface area contributed by atoms with E-state index in [0.717, 1.165) is 18.7 Å². The van der Waals surface area contributed by atoms with Crippen molar-refractivity contribution in [3.05, 3.63) is 64.3 Å². The van der Waals surface area contributed by atoms with Gasteiger partial charge in [0, 0.05) is 31.2 Å². The Morgan fingerprint density at radius 3 is 2.23 bits per heavy atom. The number of anilines is 1. The van der Waals surface area contributed by atoms with Crippen molar-refractivity contribution in [2.75, 3.05) is 45.2 Å². The monoisotopic (exact) mass is 425 g/mol. The Bertz CT molecular complexity index is 1020. The Labute approximate surface area is 181 Å². The van der Waals surface area contributed by atoms with Crippen molar-refractivity contribution in [1.29, 1.82) is 0 Å². The van der Waals surface area contributed by atoms with Gasteiger partial charge in [0.25, 0.3) is 11.8 Å². The maximum absolute atomic E-state index is 13.6. The summed E-state index contributed by atoms with van der Waals surface area (Å²) in [5.74, 6) is -0.184. The van der Waals surface area contributed by atoms with E-state index in [1.165, 1.54) is 12.0 Å². The van der Waals surface area contributed by atoms with Crippen LogP contribution in [0.3, 0.4) is 0 Å². The van der Waals surface area contributed by atoms with Crippen LogP contribution in [0.15, 0.2) is 48.2 Å². The summed E-state index contributed by atoms with van der Waals surface area (Å²) < 4.78 is 5.46. The fourth-order valence-corrected chi connectivity index (χ4v) is 4.04. The van der Waals surface area contributed by atoms with E-state index in [4.69, 9.17) is 16.3 Å². The van der Waals surface area contributed by atoms with Crippen LogP contribution in [-0.2, 0) is 9.59 Å². The molecule has 0 radical (unpaired) electrons. The molecule has 0 bridgehead atoms. The van der Waals surface area contributed by atoms with E-state index in [2.05, 4.69) is 11.9 Å². The van der Waals surface area contributed by atoms with Crippen LogP contribution in [0.25, 0.3) is 5.57 Å².